The normalized spacial score (nSPS) is 9.75. The predicted octanol–water partition coefficient (Wildman–Crippen LogP) is 2.46. The maximum absolute atomic E-state index is 12.0. The van der Waals surface area contributed by atoms with Crippen LogP contribution in [0.4, 0.5) is 5.69 Å². The predicted molar refractivity (Wildman–Crippen MR) is 78.5 cm³/mol. The van der Waals surface area contributed by atoms with E-state index in [4.69, 9.17) is 10.2 Å². The van der Waals surface area contributed by atoms with Crippen LogP contribution < -0.4 is 11.1 Å². The van der Waals surface area contributed by atoms with Crippen LogP contribution >= 0.6 is 0 Å². The third-order valence-corrected chi connectivity index (χ3v) is 2.63. The molecule has 0 bridgehead atoms. The van der Waals surface area contributed by atoms with Gasteiger partial charge in [-0.2, -0.15) is 0 Å². The average molecular weight is 268 g/mol. The van der Waals surface area contributed by atoms with Gasteiger partial charge in [-0.25, -0.2) is 0 Å². The summed E-state index contributed by atoms with van der Waals surface area (Å²) in [5.74, 6) is 6.46. The second-order valence-corrected chi connectivity index (χ2v) is 4.46. The molecule has 2 rings (SSSR count). The molecule has 102 valence electrons. The Morgan fingerprint density at radius 3 is 2.75 bits per heavy atom. The fourth-order valence-electron chi connectivity index (χ4n) is 1.83. The Labute approximate surface area is 118 Å². The van der Waals surface area contributed by atoms with Crippen molar-refractivity contribution in [2.75, 3.05) is 11.9 Å². The highest BCUT2D eigenvalue weighted by Crippen LogP contribution is 2.16. The summed E-state index contributed by atoms with van der Waals surface area (Å²) in [5, 5.41) is 2.80. The Bertz CT molecular complexity index is 690. The highest BCUT2D eigenvalue weighted by molar-refractivity contribution is 6.02. The number of carbonyl (C=O) groups excluding carboxylic acids is 1. The zero-order valence-electron chi connectivity index (χ0n) is 11.5. The lowest BCUT2D eigenvalue weighted by atomic mass is 10.1. The third kappa shape index (κ3) is 3.50. The number of amides is 1. The van der Waals surface area contributed by atoms with E-state index < -0.39 is 0 Å². The van der Waals surface area contributed by atoms with Crippen LogP contribution in [0.1, 0.15) is 27.4 Å². The van der Waals surface area contributed by atoms with Crippen molar-refractivity contribution < 1.29 is 9.21 Å². The van der Waals surface area contributed by atoms with Gasteiger partial charge in [-0.05, 0) is 49.7 Å². The summed E-state index contributed by atoms with van der Waals surface area (Å²) in [4.78, 5) is 12.0. The highest BCUT2D eigenvalue weighted by Gasteiger charge is 2.10. The summed E-state index contributed by atoms with van der Waals surface area (Å²) in [7, 11) is 0. The van der Waals surface area contributed by atoms with Gasteiger partial charge in [-0.15, -0.1) is 0 Å². The lowest BCUT2D eigenvalue weighted by Crippen LogP contribution is -2.11. The van der Waals surface area contributed by atoms with Crippen molar-refractivity contribution in [3.8, 4) is 11.8 Å². The molecule has 0 radical (unpaired) electrons. The maximum atomic E-state index is 12.0. The van der Waals surface area contributed by atoms with Gasteiger partial charge in [-0.1, -0.05) is 11.8 Å². The van der Waals surface area contributed by atoms with E-state index in [-0.39, 0.29) is 5.91 Å². The average Bonchev–Trinajstić information content (AvgIpc) is 2.82. The molecule has 1 aromatic heterocycles. The molecule has 3 N–H and O–H groups in total. The molecule has 0 fully saturated rings. The van der Waals surface area contributed by atoms with Crippen LogP contribution in [-0.2, 0) is 0 Å². The van der Waals surface area contributed by atoms with E-state index in [1.807, 2.05) is 25.1 Å². The van der Waals surface area contributed by atoms with Crippen molar-refractivity contribution in [3.63, 3.8) is 0 Å². The molecule has 4 heteroatoms. The fraction of sp³-hybridized carbons (Fsp3) is 0.188. The second kappa shape index (κ2) is 6.09. The molecule has 1 heterocycles. The van der Waals surface area contributed by atoms with Crippen LogP contribution in [-0.4, -0.2) is 12.5 Å². The summed E-state index contributed by atoms with van der Waals surface area (Å²) >= 11 is 0. The number of furan rings is 1. The number of hydrogen-bond donors (Lipinski definition) is 2. The minimum absolute atomic E-state index is 0.276. The topological polar surface area (TPSA) is 68.3 Å². The first kappa shape index (κ1) is 13.9. The van der Waals surface area contributed by atoms with Crippen molar-refractivity contribution in [1.29, 1.82) is 0 Å². The van der Waals surface area contributed by atoms with Gasteiger partial charge < -0.3 is 15.5 Å². The number of carbonyl (C=O) groups is 1. The Kier molecular flexibility index (Phi) is 4.24. The lowest BCUT2D eigenvalue weighted by molar-refractivity contribution is 0.0995. The fourth-order valence-corrected chi connectivity index (χ4v) is 1.83. The molecule has 0 aliphatic carbocycles. The van der Waals surface area contributed by atoms with Gasteiger partial charge in [0.15, 0.2) is 5.76 Å². The standard InChI is InChI=1S/C16H16N2O2/c1-11-8-13(4-3-7-17)10-14(9-11)18-16(19)15-6-5-12(2)20-15/h5-6,8-10H,7,17H2,1-2H3,(H,18,19). The molecule has 0 spiro atoms. The van der Waals surface area contributed by atoms with Gasteiger partial charge in [0.1, 0.15) is 5.76 Å². The van der Waals surface area contributed by atoms with Gasteiger partial charge in [-0.3, -0.25) is 4.79 Å². The van der Waals surface area contributed by atoms with Crippen LogP contribution in [0.2, 0.25) is 0 Å². The van der Waals surface area contributed by atoms with E-state index in [1.165, 1.54) is 0 Å². The van der Waals surface area contributed by atoms with Crippen LogP contribution in [0.3, 0.4) is 0 Å². The molecule has 20 heavy (non-hydrogen) atoms. The molecule has 1 amide bonds. The molecular formula is C16H16N2O2. The third-order valence-electron chi connectivity index (χ3n) is 2.63. The molecule has 0 atom stereocenters. The molecule has 0 unspecified atom stereocenters. The van der Waals surface area contributed by atoms with Crippen molar-refractivity contribution >= 4 is 11.6 Å². The molecule has 0 saturated carbocycles. The quantitative estimate of drug-likeness (QED) is 0.822. The van der Waals surface area contributed by atoms with E-state index in [0.29, 0.717) is 23.8 Å². The zero-order valence-corrected chi connectivity index (χ0v) is 11.5. The Morgan fingerprint density at radius 2 is 2.10 bits per heavy atom. The van der Waals surface area contributed by atoms with E-state index in [2.05, 4.69) is 17.2 Å². The summed E-state index contributed by atoms with van der Waals surface area (Å²) in [5.41, 5.74) is 7.88. The number of nitrogens with one attached hydrogen (secondary N) is 1. The van der Waals surface area contributed by atoms with E-state index >= 15 is 0 Å². The van der Waals surface area contributed by atoms with Gasteiger partial charge in [0, 0.05) is 11.3 Å². The van der Waals surface area contributed by atoms with E-state index in [0.717, 1.165) is 11.1 Å². The molecular weight excluding hydrogens is 252 g/mol. The summed E-state index contributed by atoms with van der Waals surface area (Å²) in [6.45, 7) is 4.05. The number of benzene rings is 1. The Hall–Kier alpha value is -2.51. The van der Waals surface area contributed by atoms with Crippen molar-refractivity contribution in [3.05, 3.63) is 53.0 Å². The first-order valence-electron chi connectivity index (χ1n) is 6.27. The summed E-state index contributed by atoms with van der Waals surface area (Å²) in [6.07, 6.45) is 0. The van der Waals surface area contributed by atoms with E-state index in [1.54, 1.807) is 19.1 Å². The molecule has 0 aliphatic rings. The minimum Gasteiger partial charge on any atom is -0.456 e. The van der Waals surface area contributed by atoms with Gasteiger partial charge >= 0.3 is 0 Å². The zero-order chi connectivity index (χ0) is 14.5. The number of aryl methyl sites for hydroxylation is 2. The molecule has 1 aromatic carbocycles. The molecule has 2 aromatic rings. The summed E-state index contributed by atoms with van der Waals surface area (Å²) in [6, 6.07) is 9.03. The highest BCUT2D eigenvalue weighted by atomic mass is 16.3. The number of anilines is 1. The van der Waals surface area contributed by atoms with Crippen LogP contribution in [0.5, 0.6) is 0 Å². The van der Waals surface area contributed by atoms with E-state index in [9.17, 15) is 4.79 Å². The van der Waals surface area contributed by atoms with Crippen LogP contribution in [0.25, 0.3) is 0 Å². The minimum atomic E-state index is -0.276. The second-order valence-electron chi connectivity index (χ2n) is 4.46. The van der Waals surface area contributed by atoms with Crippen LogP contribution in [0.15, 0.2) is 34.7 Å². The smallest absolute Gasteiger partial charge is 0.291 e. The van der Waals surface area contributed by atoms with Crippen molar-refractivity contribution in [1.82, 2.24) is 0 Å². The lowest BCUT2D eigenvalue weighted by Gasteiger charge is -2.05. The van der Waals surface area contributed by atoms with Crippen molar-refractivity contribution in [2.24, 2.45) is 5.73 Å². The molecule has 0 saturated heterocycles. The summed E-state index contributed by atoms with van der Waals surface area (Å²) < 4.78 is 5.29. The molecule has 0 aliphatic heterocycles. The number of hydrogen-bond acceptors (Lipinski definition) is 3. The van der Waals surface area contributed by atoms with Crippen molar-refractivity contribution in [2.45, 2.75) is 13.8 Å². The maximum Gasteiger partial charge on any atom is 0.291 e. The molecule has 4 nitrogen and oxygen atoms in total. The number of rotatable bonds is 2. The largest absolute Gasteiger partial charge is 0.456 e. The first-order valence-corrected chi connectivity index (χ1v) is 6.27. The van der Waals surface area contributed by atoms with Gasteiger partial charge in [0.2, 0.25) is 0 Å². The Morgan fingerprint density at radius 1 is 1.30 bits per heavy atom. The SMILES string of the molecule is Cc1cc(C#CCN)cc(NC(=O)c2ccc(C)o2)c1. The first-order chi connectivity index (χ1) is 9.58. The number of nitrogens with two attached hydrogens (primary N) is 1. The van der Waals surface area contributed by atoms with Crippen LogP contribution in [0, 0.1) is 25.7 Å². The van der Waals surface area contributed by atoms with Gasteiger partial charge in [0.05, 0.1) is 6.54 Å². The monoisotopic (exact) mass is 268 g/mol. The van der Waals surface area contributed by atoms with Gasteiger partial charge in [0.25, 0.3) is 5.91 Å². The Balaban J connectivity index is 2.20.